The van der Waals surface area contributed by atoms with E-state index in [0.29, 0.717) is 12.8 Å². The summed E-state index contributed by atoms with van der Waals surface area (Å²) >= 11 is 0. The van der Waals surface area contributed by atoms with Crippen LogP contribution in [0.15, 0.2) is 36.5 Å². The van der Waals surface area contributed by atoms with E-state index in [4.69, 9.17) is 28.4 Å². The molecule has 3 heterocycles. The predicted octanol–water partition coefficient (Wildman–Crippen LogP) is 19.8. The summed E-state index contributed by atoms with van der Waals surface area (Å²) in [4.78, 5) is 13.5. The van der Waals surface area contributed by atoms with Crippen molar-refractivity contribution >= 4 is 5.91 Å². The number of aliphatic hydroxyl groups excluding tert-OH is 11. The molecule has 0 saturated carbocycles. The van der Waals surface area contributed by atoms with Crippen molar-refractivity contribution in [3.8, 4) is 0 Å². The van der Waals surface area contributed by atoms with E-state index in [2.05, 4.69) is 43.5 Å². The van der Waals surface area contributed by atoms with Crippen LogP contribution in [-0.2, 0) is 33.2 Å². The van der Waals surface area contributed by atoms with Crippen LogP contribution in [-0.4, -0.2) is 193 Å². The first-order valence-electron chi connectivity index (χ1n) is 48.7. The number of unbranched alkanes of at least 4 members (excludes halogenated alkanes) is 61. The Hall–Kier alpha value is -1.99. The van der Waals surface area contributed by atoms with Crippen molar-refractivity contribution in [1.29, 1.82) is 0 Å². The molecule has 12 N–H and O–H groups in total. The molecule has 0 spiro atoms. The molecule has 17 unspecified atom stereocenters. The lowest BCUT2D eigenvalue weighted by Gasteiger charge is -2.48. The minimum atomic E-state index is -1.98. The maximum atomic E-state index is 13.5. The molecular weight excluding hydrogens is 1460 g/mol. The van der Waals surface area contributed by atoms with Crippen LogP contribution in [0.4, 0.5) is 0 Å². The van der Waals surface area contributed by atoms with E-state index in [1.807, 2.05) is 6.08 Å². The van der Waals surface area contributed by atoms with E-state index >= 15 is 0 Å². The highest BCUT2D eigenvalue weighted by molar-refractivity contribution is 5.76. The average molecular weight is 1640 g/mol. The van der Waals surface area contributed by atoms with Gasteiger partial charge in [0.2, 0.25) is 5.91 Å². The first-order chi connectivity index (χ1) is 56.3. The zero-order valence-corrected chi connectivity index (χ0v) is 73.6. The highest BCUT2D eigenvalue weighted by Gasteiger charge is 2.54. The molecule has 115 heavy (non-hydrogen) atoms. The first-order valence-corrected chi connectivity index (χ1v) is 48.7. The van der Waals surface area contributed by atoms with Crippen molar-refractivity contribution in [3.63, 3.8) is 0 Å². The summed E-state index contributed by atoms with van der Waals surface area (Å²) in [5.74, 6) is -0.276. The number of allylic oxidation sites excluding steroid dienone is 5. The normalized spacial score (nSPS) is 24.7. The molecule has 19 heteroatoms. The third kappa shape index (κ3) is 53.6. The molecule has 0 aromatic carbocycles. The molecule has 0 bridgehead atoms. The van der Waals surface area contributed by atoms with E-state index in [0.717, 1.165) is 38.5 Å². The maximum absolute atomic E-state index is 13.5. The second-order valence-electron chi connectivity index (χ2n) is 34.9. The Kier molecular flexibility index (Phi) is 70.6. The lowest BCUT2D eigenvalue weighted by Crippen LogP contribution is -2.66. The van der Waals surface area contributed by atoms with Crippen LogP contribution in [0.25, 0.3) is 0 Å². The van der Waals surface area contributed by atoms with Gasteiger partial charge in [0.05, 0.1) is 38.6 Å². The number of nitrogens with one attached hydrogen (secondary N) is 1. The van der Waals surface area contributed by atoms with E-state index < -0.39 is 124 Å². The van der Waals surface area contributed by atoms with E-state index in [9.17, 15) is 61.0 Å². The van der Waals surface area contributed by atoms with Crippen molar-refractivity contribution < 1.29 is 89.4 Å². The Bertz CT molecular complexity index is 2210. The highest BCUT2D eigenvalue weighted by Crippen LogP contribution is 2.34. The van der Waals surface area contributed by atoms with Gasteiger partial charge in [0, 0.05) is 6.42 Å². The summed E-state index contributed by atoms with van der Waals surface area (Å²) in [5, 5.41) is 121. The van der Waals surface area contributed by atoms with Gasteiger partial charge in [-0.3, -0.25) is 4.79 Å². The van der Waals surface area contributed by atoms with Crippen LogP contribution in [0.3, 0.4) is 0 Å². The fourth-order valence-electron chi connectivity index (χ4n) is 16.7. The molecule has 0 radical (unpaired) electrons. The number of carbonyl (C=O) groups is 1. The average Bonchev–Trinajstić information content (AvgIpc) is 0.778. The van der Waals surface area contributed by atoms with Gasteiger partial charge in [0.25, 0.3) is 0 Å². The Balaban J connectivity index is 1.29. The van der Waals surface area contributed by atoms with Gasteiger partial charge in [-0.15, -0.1) is 0 Å². The van der Waals surface area contributed by atoms with Crippen LogP contribution >= 0.6 is 0 Å². The van der Waals surface area contributed by atoms with Gasteiger partial charge < -0.3 is 89.9 Å². The number of ether oxygens (including phenoxy) is 6. The van der Waals surface area contributed by atoms with E-state index in [1.54, 1.807) is 6.08 Å². The first kappa shape index (κ1) is 107. The quantitative estimate of drug-likeness (QED) is 0.0199. The molecule has 1 amide bonds. The summed E-state index contributed by atoms with van der Waals surface area (Å²) in [6, 6.07) is -0.991. The van der Waals surface area contributed by atoms with Gasteiger partial charge in [-0.05, 0) is 57.8 Å². The van der Waals surface area contributed by atoms with Crippen molar-refractivity contribution in [2.45, 2.75) is 542 Å². The molecule has 0 aromatic rings. The van der Waals surface area contributed by atoms with Gasteiger partial charge in [-0.25, -0.2) is 0 Å². The molecule has 3 aliphatic rings. The summed E-state index contributed by atoms with van der Waals surface area (Å²) in [6.45, 7) is 1.80. The van der Waals surface area contributed by atoms with Crippen LogP contribution in [0, 0.1) is 0 Å². The van der Waals surface area contributed by atoms with Crippen molar-refractivity contribution in [2.75, 3.05) is 26.4 Å². The van der Waals surface area contributed by atoms with Gasteiger partial charge in [-0.1, -0.05) is 410 Å². The Morgan fingerprint density at radius 1 is 0.304 bits per heavy atom. The molecule has 17 atom stereocenters. The lowest BCUT2D eigenvalue weighted by atomic mass is 9.96. The SMILES string of the molecule is CCCCCCCCCC/C=C\CCCCCCCCCCCCCCCCCCCCCCCCCCCCCCCC(=O)NC(COC1OC(CO)C(OC2OC(CO)C(OC3OC(CO)C(O)C(O)C3O)C(O)C2O)C(O)C1O)C(O)/C=C/CC/C=C/CCCCCCCCCCCCCCCCCCCCCCCCC. The Morgan fingerprint density at radius 3 is 0.870 bits per heavy atom. The second kappa shape index (κ2) is 75.7. The van der Waals surface area contributed by atoms with Crippen LogP contribution in [0.1, 0.15) is 438 Å². The second-order valence-corrected chi connectivity index (χ2v) is 34.9. The topological polar surface area (TPSA) is 307 Å². The smallest absolute Gasteiger partial charge is 0.220 e. The summed E-state index contributed by atoms with van der Waals surface area (Å²) in [7, 11) is 0. The third-order valence-electron chi connectivity index (χ3n) is 24.4. The number of hydrogen-bond donors (Lipinski definition) is 12. The minimum Gasteiger partial charge on any atom is -0.394 e. The molecule has 19 nitrogen and oxygen atoms in total. The molecule has 3 rings (SSSR count). The molecule has 0 aromatic heterocycles. The van der Waals surface area contributed by atoms with E-state index in [-0.39, 0.29) is 18.9 Å². The summed E-state index contributed by atoms with van der Waals surface area (Å²) in [6.07, 6.45) is 72.0. The Morgan fingerprint density at radius 2 is 0.557 bits per heavy atom. The molecule has 3 saturated heterocycles. The molecular formula is C96H181NO18. The third-order valence-corrected chi connectivity index (χ3v) is 24.4. The zero-order valence-electron chi connectivity index (χ0n) is 73.6. The largest absolute Gasteiger partial charge is 0.394 e. The van der Waals surface area contributed by atoms with Crippen LogP contribution in [0.5, 0.6) is 0 Å². The summed E-state index contributed by atoms with van der Waals surface area (Å²) in [5.41, 5.74) is 0. The monoisotopic (exact) mass is 1640 g/mol. The fourth-order valence-corrected chi connectivity index (χ4v) is 16.7. The fraction of sp³-hybridized carbons (Fsp3) is 0.927. The van der Waals surface area contributed by atoms with Crippen LogP contribution in [0.2, 0.25) is 0 Å². The molecule has 678 valence electrons. The van der Waals surface area contributed by atoms with Crippen molar-refractivity contribution in [2.24, 2.45) is 0 Å². The Labute approximate surface area is 701 Å². The van der Waals surface area contributed by atoms with Gasteiger partial charge in [0.15, 0.2) is 18.9 Å². The van der Waals surface area contributed by atoms with E-state index in [1.165, 1.54) is 366 Å². The lowest BCUT2D eigenvalue weighted by molar-refractivity contribution is -0.379. The van der Waals surface area contributed by atoms with Gasteiger partial charge >= 0.3 is 0 Å². The van der Waals surface area contributed by atoms with Crippen molar-refractivity contribution in [3.05, 3.63) is 36.5 Å². The number of aliphatic hydroxyl groups is 11. The number of rotatable bonds is 81. The zero-order chi connectivity index (χ0) is 83.1. The maximum Gasteiger partial charge on any atom is 0.220 e. The molecule has 0 aliphatic carbocycles. The number of hydrogen-bond acceptors (Lipinski definition) is 18. The summed E-state index contributed by atoms with van der Waals surface area (Å²) < 4.78 is 34.5. The standard InChI is InChI=1S/C96H181NO18/c1-3-5-7-9-11-13-15-17-19-21-23-25-27-29-31-33-34-35-36-37-38-39-40-41-42-43-44-46-48-50-52-54-56-58-60-62-64-66-68-70-72-74-84(102)97-79(80(101)73-71-69-67-65-63-61-59-57-55-53-51-49-47-45-32-30-28-26-24-22-20-18-16-14-12-10-8-6-4-2)78-110-94-90(108)87(105)92(82(76-99)112-94)115-96-91(109)88(106)93(83(77-100)113-96)114-95-89(107)86(104)85(103)81(75-98)111-95/h21,23,63,65,71,73,79-83,85-96,98-101,103-109H,3-20,22,24-62,64,66-70,72,74-78H2,1-2H3,(H,97,102)/b23-21-,65-63+,73-71+. The van der Waals surface area contributed by atoms with Gasteiger partial charge in [-0.2, -0.15) is 0 Å². The van der Waals surface area contributed by atoms with Crippen molar-refractivity contribution in [1.82, 2.24) is 5.32 Å². The molecule has 3 aliphatic heterocycles. The molecule has 3 fully saturated rings. The predicted molar refractivity (Wildman–Crippen MR) is 466 cm³/mol. The van der Waals surface area contributed by atoms with Gasteiger partial charge in [0.1, 0.15) is 73.2 Å². The number of carbonyl (C=O) groups excluding carboxylic acids is 1. The highest BCUT2D eigenvalue weighted by atomic mass is 16.8. The number of amides is 1. The van der Waals surface area contributed by atoms with Crippen LogP contribution < -0.4 is 5.32 Å². The minimum absolute atomic E-state index is 0.241.